The van der Waals surface area contributed by atoms with Gasteiger partial charge in [0.15, 0.2) is 5.11 Å². The molecule has 4 heterocycles. The molecule has 154 valence electrons. The molecule has 1 aromatic carbocycles. The summed E-state index contributed by atoms with van der Waals surface area (Å²) >= 11 is 9.34. The Labute approximate surface area is 194 Å². The van der Waals surface area contributed by atoms with Gasteiger partial charge in [0.25, 0.3) is 0 Å². The molecule has 0 amide bonds. The minimum absolute atomic E-state index is 0.0534. The van der Waals surface area contributed by atoms with Crippen LogP contribution in [0.5, 0.6) is 0 Å². The summed E-state index contributed by atoms with van der Waals surface area (Å²) in [4.78, 5) is 11.3. The molecule has 0 aliphatic carbocycles. The highest BCUT2D eigenvalue weighted by molar-refractivity contribution is 9.10. The fraction of sp³-hybridized carbons (Fsp3) is 0.125. The Morgan fingerprint density at radius 3 is 2.39 bits per heavy atom. The molecule has 0 unspecified atom stereocenters. The number of hydrogen-bond acceptors (Lipinski definition) is 3. The van der Waals surface area contributed by atoms with Gasteiger partial charge in [0, 0.05) is 34.4 Å². The molecule has 4 aromatic rings. The second-order valence-electron chi connectivity index (χ2n) is 7.36. The van der Waals surface area contributed by atoms with E-state index in [1.807, 2.05) is 60.9 Å². The van der Waals surface area contributed by atoms with Crippen LogP contribution in [0, 0.1) is 0 Å². The summed E-state index contributed by atoms with van der Waals surface area (Å²) in [5, 5.41) is 4.21. The predicted octanol–water partition coefficient (Wildman–Crippen LogP) is 5.27. The van der Waals surface area contributed by atoms with Crippen molar-refractivity contribution in [3.8, 4) is 0 Å². The van der Waals surface area contributed by atoms with Crippen molar-refractivity contribution in [3.05, 3.63) is 113 Å². The quantitative estimate of drug-likeness (QED) is 0.387. The van der Waals surface area contributed by atoms with E-state index in [1.165, 1.54) is 0 Å². The smallest absolute Gasteiger partial charge is 0.174 e. The summed E-state index contributed by atoms with van der Waals surface area (Å²) < 4.78 is 3.27. The molecule has 1 saturated heterocycles. The lowest BCUT2D eigenvalue weighted by molar-refractivity contribution is 0.532. The Balaban J connectivity index is 1.60. The van der Waals surface area contributed by atoms with Gasteiger partial charge in [-0.2, -0.15) is 0 Å². The van der Waals surface area contributed by atoms with E-state index in [0.717, 1.165) is 27.2 Å². The number of nitrogens with one attached hydrogen (secondary N) is 1. The number of aromatic nitrogens is 3. The van der Waals surface area contributed by atoms with Crippen molar-refractivity contribution in [3.63, 3.8) is 0 Å². The Morgan fingerprint density at radius 1 is 0.903 bits per heavy atom. The van der Waals surface area contributed by atoms with Crippen LogP contribution in [0.15, 0.2) is 95.9 Å². The van der Waals surface area contributed by atoms with E-state index in [4.69, 9.17) is 12.2 Å². The Hall–Kier alpha value is -3.03. The number of nitrogens with zero attached hydrogens (tertiary/aromatic N) is 4. The zero-order valence-electron chi connectivity index (χ0n) is 16.6. The summed E-state index contributed by atoms with van der Waals surface area (Å²) in [7, 11) is 0. The standard InChI is InChI=1S/C24H20BrN5S/c25-17-9-11-19(12-10-17)30-23(22(28-24(30)31)20-7-2-4-14-27-20)21-8-5-15-29(21)16-18-6-1-3-13-26-18/h1-15,22-23H,16H2,(H,28,31)/t22-,23-/m1/s1. The molecule has 1 aliphatic rings. The van der Waals surface area contributed by atoms with Crippen LogP contribution in [0.3, 0.4) is 0 Å². The largest absolute Gasteiger partial charge is 0.351 e. The first-order chi connectivity index (χ1) is 15.2. The number of anilines is 1. The minimum atomic E-state index is -0.0743. The van der Waals surface area contributed by atoms with Crippen LogP contribution in [-0.2, 0) is 6.54 Å². The van der Waals surface area contributed by atoms with E-state index < -0.39 is 0 Å². The molecule has 3 aromatic heterocycles. The molecule has 5 rings (SSSR count). The van der Waals surface area contributed by atoms with Gasteiger partial charge in [0.2, 0.25) is 0 Å². The molecular weight excluding hydrogens is 470 g/mol. The lowest BCUT2D eigenvalue weighted by atomic mass is 10.0. The molecule has 0 bridgehead atoms. The molecule has 7 heteroatoms. The van der Waals surface area contributed by atoms with Gasteiger partial charge in [-0.1, -0.05) is 28.1 Å². The van der Waals surface area contributed by atoms with Crippen LogP contribution >= 0.6 is 28.1 Å². The number of thiocarbonyl (C=S) groups is 1. The molecular formula is C24H20BrN5S. The lowest BCUT2D eigenvalue weighted by Gasteiger charge is -2.29. The Kier molecular flexibility index (Phi) is 5.53. The summed E-state index contributed by atoms with van der Waals surface area (Å²) in [5.41, 5.74) is 4.16. The van der Waals surface area contributed by atoms with Crippen molar-refractivity contribution in [1.82, 2.24) is 19.9 Å². The van der Waals surface area contributed by atoms with Gasteiger partial charge in [0.05, 0.1) is 24.0 Å². The van der Waals surface area contributed by atoms with Crippen LogP contribution < -0.4 is 10.2 Å². The SMILES string of the molecule is S=C1N[C@H](c2ccccn2)[C@@H](c2cccn2Cc2ccccn2)N1c1ccc(Br)cc1. The van der Waals surface area contributed by atoms with Gasteiger partial charge in [-0.3, -0.25) is 9.97 Å². The van der Waals surface area contributed by atoms with Gasteiger partial charge in [-0.05, 0) is 72.9 Å². The van der Waals surface area contributed by atoms with Crippen molar-refractivity contribution < 1.29 is 0 Å². The van der Waals surface area contributed by atoms with Crippen molar-refractivity contribution in [1.29, 1.82) is 0 Å². The third-order valence-corrected chi connectivity index (χ3v) is 6.27. The second-order valence-corrected chi connectivity index (χ2v) is 8.66. The molecule has 0 saturated carbocycles. The van der Waals surface area contributed by atoms with Crippen LogP contribution in [0.2, 0.25) is 0 Å². The molecule has 1 N–H and O–H groups in total. The van der Waals surface area contributed by atoms with Crippen LogP contribution in [0.25, 0.3) is 0 Å². The van der Waals surface area contributed by atoms with E-state index in [-0.39, 0.29) is 12.1 Å². The van der Waals surface area contributed by atoms with Crippen molar-refractivity contribution in [2.45, 2.75) is 18.6 Å². The molecule has 31 heavy (non-hydrogen) atoms. The summed E-state index contributed by atoms with van der Waals surface area (Å²) in [5.74, 6) is 0. The van der Waals surface area contributed by atoms with Gasteiger partial charge < -0.3 is 14.8 Å². The third kappa shape index (κ3) is 3.98. The normalized spacial score (nSPS) is 18.2. The number of rotatable bonds is 5. The first kappa shape index (κ1) is 19.9. The summed E-state index contributed by atoms with van der Waals surface area (Å²) in [6.45, 7) is 0.690. The van der Waals surface area contributed by atoms with Gasteiger partial charge in [-0.25, -0.2) is 0 Å². The second kappa shape index (κ2) is 8.61. The zero-order chi connectivity index (χ0) is 21.2. The van der Waals surface area contributed by atoms with E-state index in [0.29, 0.717) is 11.7 Å². The van der Waals surface area contributed by atoms with Crippen molar-refractivity contribution in [2.24, 2.45) is 0 Å². The number of hydrogen-bond donors (Lipinski definition) is 1. The van der Waals surface area contributed by atoms with E-state index in [1.54, 1.807) is 0 Å². The predicted molar refractivity (Wildman–Crippen MR) is 130 cm³/mol. The molecule has 1 aliphatic heterocycles. The first-order valence-corrected chi connectivity index (χ1v) is 11.2. The molecule has 5 nitrogen and oxygen atoms in total. The average molecular weight is 490 g/mol. The maximum atomic E-state index is 5.81. The minimum Gasteiger partial charge on any atom is -0.351 e. The lowest BCUT2D eigenvalue weighted by Crippen LogP contribution is -2.30. The average Bonchev–Trinajstić information content (AvgIpc) is 3.39. The van der Waals surface area contributed by atoms with Crippen molar-refractivity contribution in [2.75, 3.05) is 4.90 Å². The Bertz CT molecular complexity index is 1180. The zero-order valence-corrected chi connectivity index (χ0v) is 19.0. The van der Waals surface area contributed by atoms with Gasteiger partial charge >= 0.3 is 0 Å². The van der Waals surface area contributed by atoms with E-state index in [2.05, 4.69) is 71.1 Å². The number of halogens is 1. The maximum Gasteiger partial charge on any atom is 0.174 e. The van der Waals surface area contributed by atoms with Gasteiger partial charge in [0.1, 0.15) is 6.04 Å². The van der Waals surface area contributed by atoms with Crippen LogP contribution in [-0.4, -0.2) is 19.6 Å². The van der Waals surface area contributed by atoms with Crippen LogP contribution in [0.1, 0.15) is 29.2 Å². The van der Waals surface area contributed by atoms with Crippen LogP contribution in [0.4, 0.5) is 5.69 Å². The highest BCUT2D eigenvalue weighted by Gasteiger charge is 2.42. The highest BCUT2D eigenvalue weighted by Crippen LogP contribution is 2.41. The molecule has 1 fully saturated rings. The molecule has 2 atom stereocenters. The summed E-state index contributed by atoms with van der Waals surface area (Å²) in [6, 6.07) is 24.3. The van der Waals surface area contributed by atoms with E-state index in [9.17, 15) is 0 Å². The number of pyridine rings is 2. The maximum absolute atomic E-state index is 5.81. The van der Waals surface area contributed by atoms with E-state index >= 15 is 0 Å². The fourth-order valence-electron chi connectivity index (χ4n) is 4.04. The fourth-order valence-corrected chi connectivity index (χ4v) is 4.65. The Morgan fingerprint density at radius 2 is 1.68 bits per heavy atom. The van der Waals surface area contributed by atoms with Gasteiger partial charge in [-0.15, -0.1) is 0 Å². The highest BCUT2D eigenvalue weighted by atomic mass is 79.9. The third-order valence-electron chi connectivity index (χ3n) is 5.43. The monoisotopic (exact) mass is 489 g/mol. The van der Waals surface area contributed by atoms with Crippen molar-refractivity contribution >= 4 is 38.9 Å². The molecule has 0 radical (unpaired) electrons. The summed E-state index contributed by atoms with van der Waals surface area (Å²) in [6.07, 6.45) is 5.75. The number of benzene rings is 1. The topological polar surface area (TPSA) is 46.0 Å². The molecule has 0 spiro atoms. The first-order valence-electron chi connectivity index (χ1n) is 10.0.